The zero-order valence-electron chi connectivity index (χ0n) is 38.1. The van der Waals surface area contributed by atoms with Crippen LogP contribution in [0.25, 0.3) is 44.5 Å². The summed E-state index contributed by atoms with van der Waals surface area (Å²) < 4.78 is 0. The summed E-state index contributed by atoms with van der Waals surface area (Å²) in [4.78, 5) is 0. The van der Waals surface area contributed by atoms with Crippen molar-refractivity contribution in [3.63, 3.8) is 0 Å². The van der Waals surface area contributed by atoms with E-state index in [-0.39, 0.29) is 5.41 Å². The van der Waals surface area contributed by atoms with Crippen LogP contribution in [0.1, 0.15) is 123 Å². The summed E-state index contributed by atoms with van der Waals surface area (Å²) in [5.74, 6) is 1.92. The van der Waals surface area contributed by atoms with Crippen molar-refractivity contribution in [2.45, 2.75) is 104 Å². The Balaban J connectivity index is 0.000000130. The summed E-state index contributed by atoms with van der Waals surface area (Å²) in [6.07, 6.45) is 13.5. The standard InChI is InChI=1S/C24H26.C22H22.C16H16/c1-17-13-15-19(16-14-17)22-11-6-12-23(24(22)20-8-5-9-20)21-10-4-3-7-18(21)2;1-3-17(2)18-9-11-21(12-10-18)22-15-13-20(14-16-22)19-7-5-4-6-8-19;1-11-8-9-13-12-6-4-5-7-14(12)16(2,3)15(13)10-11/h3-4,6-7,10-15,19-20H,5,8-9,16H2,1-2H3;4-17H,3H2,1-2H3;4-10H,1-3H3. The van der Waals surface area contributed by atoms with Crippen molar-refractivity contribution in [1.82, 2.24) is 0 Å². The van der Waals surface area contributed by atoms with Crippen LogP contribution >= 0.6 is 0 Å². The van der Waals surface area contributed by atoms with E-state index in [4.69, 9.17) is 0 Å². The summed E-state index contributed by atoms with van der Waals surface area (Å²) >= 11 is 0. The quantitative estimate of drug-likeness (QED) is 0.150. The Morgan fingerprint density at radius 3 is 1.76 bits per heavy atom. The lowest BCUT2D eigenvalue weighted by Crippen LogP contribution is -2.15. The lowest BCUT2D eigenvalue weighted by molar-refractivity contribution is 0.417. The zero-order valence-corrected chi connectivity index (χ0v) is 38.1. The molecule has 0 radical (unpaired) electrons. The molecule has 0 aliphatic heterocycles. The van der Waals surface area contributed by atoms with E-state index in [1.54, 1.807) is 11.1 Å². The maximum absolute atomic E-state index is 2.41. The van der Waals surface area contributed by atoms with Crippen LogP contribution in [0, 0.1) is 13.8 Å². The second-order valence-electron chi connectivity index (χ2n) is 18.5. The van der Waals surface area contributed by atoms with E-state index in [9.17, 15) is 0 Å². The first kappa shape index (κ1) is 42.7. The third kappa shape index (κ3) is 9.12. The Morgan fingerprint density at radius 2 is 1.15 bits per heavy atom. The van der Waals surface area contributed by atoms with Crippen molar-refractivity contribution in [3.05, 3.63) is 227 Å². The highest BCUT2D eigenvalue weighted by Gasteiger charge is 2.35. The molecule has 2 atom stereocenters. The molecule has 3 aliphatic carbocycles. The van der Waals surface area contributed by atoms with Crippen molar-refractivity contribution in [3.8, 4) is 44.5 Å². The first-order valence-electron chi connectivity index (χ1n) is 23.1. The number of fused-ring (bicyclic) bond motifs is 3. The van der Waals surface area contributed by atoms with Crippen LogP contribution in [-0.2, 0) is 5.41 Å². The highest BCUT2D eigenvalue weighted by Crippen LogP contribution is 2.49. The molecule has 3 aliphatic rings. The number of benzene rings is 7. The third-order valence-corrected chi connectivity index (χ3v) is 13.9. The molecular formula is C62H64. The summed E-state index contributed by atoms with van der Waals surface area (Å²) in [6.45, 7) is 15.8. The molecule has 0 nitrogen and oxygen atoms in total. The van der Waals surface area contributed by atoms with E-state index >= 15 is 0 Å². The van der Waals surface area contributed by atoms with Gasteiger partial charge in [0.05, 0.1) is 0 Å². The van der Waals surface area contributed by atoms with Crippen molar-refractivity contribution in [1.29, 1.82) is 0 Å². The summed E-state index contributed by atoms with van der Waals surface area (Å²) in [6, 6.07) is 59.7. The van der Waals surface area contributed by atoms with Gasteiger partial charge >= 0.3 is 0 Å². The van der Waals surface area contributed by atoms with Crippen LogP contribution in [0.3, 0.4) is 0 Å². The molecule has 0 bridgehead atoms. The molecule has 62 heavy (non-hydrogen) atoms. The van der Waals surface area contributed by atoms with Gasteiger partial charge in [-0.2, -0.15) is 0 Å². The van der Waals surface area contributed by atoms with Crippen LogP contribution in [0.5, 0.6) is 0 Å². The van der Waals surface area contributed by atoms with Gasteiger partial charge in [-0.1, -0.05) is 227 Å². The molecule has 0 spiro atoms. The monoisotopic (exact) mass is 809 g/mol. The second kappa shape index (κ2) is 19.0. The van der Waals surface area contributed by atoms with Crippen LogP contribution < -0.4 is 0 Å². The smallest absolute Gasteiger partial charge is 0.0158 e. The Hall–Kier alpha value is -5.98. The lowest BCUT2D eigenvalue weighted by atomic mass is 9.72. The van der Waals surface area contributed by atoms with Gasteiger partial charge in [0.15, 0.2) is 0 Å². The fraction of sp³-hybridized carbons (Fsp3) is 0.258. The Kier molecular flexibility index (Phi) is 13.1. The topological polar surface area (TPSA) is 0 Å². The van der Waals surface area contributed by atoms with E-state index in [1.165, 1.54) is 104 Å². The molecule has 0 amide bonds. The first-order chi connectivity index (χ1) is 30.1. The van der Waals surface area contributed by atoms with Gasteiger partial charge in [0.25, 0.3) is 0 Å². The van der Waals surface area contributed by atoms with Crippen molar-refractivity contribution in [2.75, 3.05) is 0 Å². The normalized spacial score (nSPS) is 16.3. The minimum absolute atomic E-state index is 0.151. The number of rotatable bonds is 7. The van der Waals surface area contributed by atoms with Gasteiger partial charge in [0.1, 0.15) is 0 Å². The van der Waals surface area contributed by atoms with Crippen LogP contribution in [0.2, 0.25) is 0 Å². The van der Waals surface area contributed by atoms with Crippen molar-refractivity contribution in [2.24, 2.45) is 0 Å². The van der Waals surface area contributed by atoms with Gasteiger partial charge in [0, 0.05) is 11.3 Å². The average Bonchev–Trinajstić information content (AvgIpc) is 3.52. The molecule has 10 rings (SSSR count). The number of aryl methyl sites for hydroxylation is 2. The number of allylic oxidation sites excluding steroid dienone is 4. The van der Waals surface area contributed by atoms with Gasteiger partial charge in [-0.05, 0) is 136 Å². The van der Waals surface area contributed by atoms with Crippen LogP contribution in [0.4, 0.5) is 0 Å². The summed E-state index contributed by atoms with van der Waals surface area (Å²) in [7, 11) is 0. The number of hydrogen-bond acceptors (Lipinski definition) is 0. The van der Waals surface area contributed by atoms with Gasteiger partial charge in [0.2, 0.25) is 0 Å². The van der Waals surface area contributed by atoms with Crippen LogP contribution in [-0.4, -0.2) is 0 Å². The molecular weight excluding hydrogens is 745 g/mol. The molecule has 7 aromatic rings. The average molecular weight is 809 g/mol. The zero-order chi connectivity index (χ0) is 43.2. The Morgan fingerprint density at radius 1 is 0.565 bits per heavy atom. The molecule has 1 saturated carbocycles. The summed E-state index contributed by atoms with van der Waals surface area (Å²) in [5.41, 5.74) is 22.6. The van der Waals surface area contributed by atoms with E-state index < -0.39 is 0 Å². The SMILES string of the molecule is CC1=CCC(c2cccc(-c3ccccc3C)c2C2CCC2)C=C1.CCC(C)c1ccc(-c2ccc(-c3ccccc3)cc2)cc1.Cc1ccc2c(c1)C(C)(C)c1ccccc1-2. The minimum atomic E-state index is 0.151. The maximum Gasteiger partial charge on any atom is 0.0158 e. The van der Waals surface area contributed by atoms with Gasteiger partial charge in [-0.15, -0.1) is 0 Å². The Bertz CT molecular complexity index is 2660. The fourth-order valence-electron chi connectivity index (χ4n) is 9.67. The van der Waals surface area contributed by atoms with E-state index in [0.717, 1.165) is 12.3 Å². The predicted octanol–water partition coefficient (Wildman–Crippen LogP) is 17.8. The fourth-order valence-corrected chi connectivity index (χ4v) is 9.67. The molecule has 1 fully saturated rings. The minimum Gasteiger partial charge on any atom is -0.0807 e. The van der Waals surface area contributed by atoms with E-state index in [1.807, 2.05) is 0 Å². The molecule has 312 valence electrons. The molecule has 0 saturated heterocycles. The van der Waals surface area contributed by atoms with Gasteiger partial charge < -0.3 is 0 Å². The largest absolute Gasteiger partial charge is 0.0807 e. The van der Waals surface area contributed by atoms with Crippen molar-refractivity contribution >= 4 is 0 Å². The second-order valence-corrected chi connectivity index (χ2v) is 18.5. The first-order valence-corrected chi connectivity index (χ1v) is 23.1. The maximum atomic E-state index is 2.41. The Labute approximate surface area is 373 Å². The number of hydrogen-bond donors (Lipinski definition) is 0. The van der Waals surface area contributed by atoms with Crippen molar-refractivity contribution < 1.29 is 0 Å². The summed E-state index contributed by atoms with van der Waals surface area (Å²) in [5, 5.41) is 0. The van der Waals surface area contributed by atoms with Gasteiger partial charge in [-0.25, -0.2) is 0 Å². The molecule has 0 heterocycles. The highest BCUT2D eigenvalue weighted by molar-refractivity contribution is 5.81. The predicted molar refractivity (Wildman–Crippen MR) is 268 cm³/mol. The van der Waals surface area contributed by atoms with Gasteiger partial charge in [-0.3, -0.25) is 0 Å². The lowest BCUT2D eigenvalue weighted by Gasteiger charge is -2.33. The molecule has 0 heteroatoms. The molecule has 0 aromatic heterocycles. The molecule has 2 unspecified atom stereocenters. The van der Waals surface area contributed by atoms with Crippen LogP contribution in [0.15, 0.2) is 188 Å². The van der Waals surface area contributed by atoms with E-state index in [2.05, 4.69) is 230 Å². The molecule has 0 N–H and O–H groups in total. The molecule has 7 aromatic carbocycles. The van der Waals surface area contributed by atoms with E-state index in [0.29, 0.717) is 11.8 Å². The third-order valence-electron chi connectivity index (χ3n) is 13.9. The highest BCUT2D eigenvalue weighted by atomic mass is 14.4.